The quantitative estimate of drug-likeness (QED) is 0.676. The molecule has 1 aromatic heterocycles. The van der Waals surface area contributed by atoms with E-state index in [1.807, 2.05) is 0 Å². The smallest absolute Gasteiger partial charge is 0.272 e. The first-order chi connectivity index (χ1) is 9.25. The van der Waals surface area contributed by atoms with E-state index in [0.29, 0.717) is 11.3 Å². The molecule has 0 amide bonds. The van der Waals surface area contributed by atoms with Crippen molar-refractivity contribution in [2.24, 2.45) is 5.73 Å². The average Bonchev–Trinajstić information content (AvgIpc) is 2.76. The van der Waals surface area contributed by atoms with Crippen molar-refractivity contribution < 1.29 is 9.31 Å². The Balaban J connectivity index is 2.26. The lowest BCUT2D eigenvalue weighted by Gasteiger charge is -2.13. The Morgan fingerprint density at radius 2 is 2.15 bits per heavy atom. The van der Waals surface area contributed by atoms with Crippen LogP contribution in [0.1, 0.15) is 25.1 Å². The Labute approximate surface area is 114 Å². The highest BCUT2D eigenvalue weighted by Crippen LogP contribution is 2.18. The summed E-state index contributed by atoms with van der Waals surface area (Å²) >= 11 is 0. The number of nitrogens with zero attached hydrogens (tertiary/aromatic N) is 4. The van der Waals surface area contributed by atoms with E-state index < -0.39 is 16.3 Å². The SMILES string of the molecule is CC(C)(N)c1cn(Cc2cc(F)cc([N+](=O)[O-])c2)nn1. The predicted octanol–water partition coefficient (Wildman–Crippen LogP) is 1.57. The summed E-state index contributed by atoms with van der Waals surface area (Å²) in [5, 5.41) is 18.5. The lowest BCUT2D eigenvalue weighted by atomic mass is 10.0. The number of nitrogens with two attached hydrogens (primary N) is 1. The number of aromatic nitrogens is 3. The predicted molar refractivity (Wildman–Crippen MR) is 69.4 cm³/mol. The van der Waals surface area contributed by atoms with Crippen LogP contribution in [0.4, 0.5) is 10.1 Å². The molecule has 0 radical (unpaired) electrons. The number of nitro benzene ring substituents is 1. The Hall–Kier alpha value is -2.35. The van der Waals surface area contributed by atoms with Crippen LogP contribution in [0.25, 0.3) is 0 Å². The van der Waals surface area contributed by atoms with Crippen LogP contribution in [0.2, 0.25) is 0 Å². The largest absolute Gasteiger partial charge is 0.320 e. The molecular formula is C12H14FN5O2. The molecular weight excluding hydrogens is 265 g/mol. The van der Waals surface area contributed by atoms with Crippen molar-refractivity contribution in [2.75, 3.05) is 0 Å². The number of rotatable bonds is 4. The molecule has 0 aliphatic heterocycles. The topological polar surface area (TPSA) is 99.9 Å². The molecule has 0 saturated heterocycles. The molecule has 7 nitrogen and oxygen atoms in total. The van der Waals surface area contributed by atoms with E-state index in [1.165, 1.54) is 16.8 Å². The van der Waals surface area contributed by atoms with Crippen molar-refractivity contribution in [3.05, 3.63) is 51.6 Å². The number of benzene rings is 1. The lowest BCUT2D eigenvalue weighted by Crippen LogP contribution is -2.29. The van der Waals surface area contributed by atoms with Crippen LogP contribution in [-0.2, 0) is 12.1 Å². The molecule has 1 heterocycles. The van der Waals surface area contributed by atoms with Crippen molar-refractivity contribution >= 4 is 5.69 Å². The van der Waals surface area contributed by atoms with Crippen LogP contribution in [0.15, 0.2) is 24.4 Å². The van der Waals surface area contributed by atoms with Crippen molar-refractivity contribution in [3.8, 4) is 0 Å². The third kappa shape index (κ3) is 3.15. The minimum Gasteiger partial charge on any atom is -0.320 e. The van der Waals surface area contributed by atoms with Crippen LogP contribution in [0.3, 0.4) is 0 Å². The Morgan fingerprint density at radius 1 is 1.45 bits per heavy atom. The number of non-ortho nitro benzene ring substituents is 1. The summed E-state index contributed by atoms with van der Waals surface area (Å²) in [6.45, 7) is 3.75. The van der Waals surface area contributed by atoms with Gasteiger partial charge in [0.1, 0.15) is 11.5 Å². The highest BCUT2D eigenvalue weighted by molar-refractivity contribution is 5.35. The molecule has 0 bridgehead atoms. The Kier molecular flexibility index (Phi) is 3.49. The van der Waals surface area contributed by atoms with E-state index in [-0.39, 0.29) is 12.2 Å². The van der Waals surface area contributed by atoms with Crippen LogP contribution in [0.5, 0.6) is 0 Å². The average molecular weight is 279 g/mol. The molecule has 8 heteroatoms. The molecule has 1 aromatic carbocycles. The second kappa shape index (κ2) is 4.97. The van der Waals surface area contributed by atoms with Crippen molar-refractivity contribution in [1.82, 2.24) is 15.0 Å². The monoisotopic (exact) mass is 279 g/mol. The highest BCUT2D eigenvalue weighted by Gasteiger charge is 2.18. The van der Waals surface area contributed by atoms with E-state index in [1.54, 1.807) is 20.0 Å². The van der Waals surface area contributed by atoms with Gasteiger partial charge in [-0.3, -0.25) is 10.1 Å². The minimum atomic E-state index is -0.659. The van der Waals surface area contributed by atoms with Gasteiger partial charge in [-0.25, -0.2) is 9.07 Å². The van der Waals surface area contributed by atoms with Crippen molar-refractivity contribution in [2.45, 2.75) is 25.9 Å². The third-order valence-electron chi connectivity index (χ3n) is 2.70. The molecule has 2 aromatic rings. The summed E-state index contributed by atoms with van der Waals surface area (Å²) in [6.07, 6.45) is 1.64. The van der Waals surface area contributed by atoms with E-state index in [0.717, 1.165) is 6.07 Å². The van der Waals surface area contributed by atoms with Gasteiger partial charge in [-0.2, -0.15) is 0 Å². The first-order valence-electron chi connectivity index (χ1n) is 5.89. The van der Waals surface area contributed by atoms with Crippen LogP contribution in [-0.4, -0.2) is 19.9 Å². The molecule has 0 saturated carbocycles. The fourth-order valence-corrected chi connectivity index (χ4v) is 1.69. The van der Waals surface area contributed by atoms with Gasteiger partial charge >= 0.3 is 0 Å². The summed E-state index contributed by atoms with van der Waals surface area (Å²) in [6, 6.07) is 3.40. The van der Waals surface area contributed by atoms with Crippen LogP contribution < -0.4 is 5.73 Å². The highest BCUT2D eigenvalue weighted by atomic mass is 19.1. The zero-order chi connectivity index (χ0) is 14.9. The molecule has 0 aliphatic rings. The van der Waals surface area contributed by atoms with Crippen LogP contribution in [0, 0.1) is 15.9 Å². The molecule has 2 N–H and O–H groups in total. The fourth-order valence-electron chi connectivity index (χ4n) is 1.69. The molecule has 0 fully saturated rings. The number of nitro groups is 1. The second-order valence-corrected chi connectivity index (χ2v) is 5.10. The molecule has 0 spiro atoms. The van der Waals surface area contributed by atoms with E-state index in [2.05, 4.69) is 10.3 Å². The zero-order valence-corrected chi connectivity index (χ0v) is 11.1. The number of hydrogen-bond donors (Lipinski definition) is 1. The first kappa shape index (κ1) is 14.1. The van der Waals surface area contributed by atoms with E-state index in [9.17, 15) is 14.5 Å². The number of hydrogen-bond acceptors (Lipinski definition) is 5. The van der Waals surface area contributed by atoms with Gasteiger partial charge < -0.3 is 5.73 Å². The summed E-state index contributed by atoms with van der Waals surface area (Å²) in [7, 11) is 0. The van der Waals surface area contributed by atoms with Gasteiger partial charge in [-0.1, -0.05) is 5.21 Å². The first-order valence-corrected chi connectivity index (χ1v) is 5.89. The summed E-state index contributed by atoms with van der Waals surface area (Å²) in [5.41, 5.74) is 5.98. The molecule has 106 valence electrons. The minimum absolute atomic E-state index is 0.182. The third-order valence-corrected chi connectivity index (χ3v) is 2.70. The maximum atomic E-state index is 13.3. The van der Waals surface area contributed by atoms with E-state index >= 15 is 0 Å². The van der Waals surface area contributed by atoms with Gasteiger partial charge in [-0.05, 0) is 25.5 Å². The molecule has 0 unspecified atom stereocenters. The van der Waals surface area contributed by atoms with E-state index in [4.69, 9.17) is 5.73 Å². The Bertz CT molecular complexity index is 648. The molecule has 0 aliphatic carbocycles. The lowest BCUT2D eigenvalue weighted by molar-refractivity contribution is -0.385. The van der Waals surface area contributed by atoms with Crippen molar-refractivity contribution in [1.29, 1.82) is 0 Å². The second-order valence-electron chi connectivity index (χ2n) is 5.10. The standard InChI is InChI=1S/C12H14FN5O2/c1-12(2,14)11-7-17(16-15-11)6-8-3-9(13)5-10(4-8)18(19)20/h3-5,7H,6,14H2,1-2H3. The molecule has 0 atom stereocenters. The van der Waals surface area contributed by atoms with Gasteiger partial charge in [0.2, 0.25) is 0 Å². The maximum absolute atomic E-state index is 13.3. The number of halogens is 1. The summed E-state index contributed by atoms with van der Waals surface area (Å²) in [5.74, 6) is -0.659. The molecule has 20 heavy (non-hydrogen) atoms. The summed E-state index contributed by atoms with van der Waals surface area (Å²) < 4.78 is 14.8. The fraction of sp³-hybridized carbons (Fsp3) is 0.333. The normalized spacial score (nSPS) is 11.6. The van der Waals surface area contributed by atoms with Crippen molar-refractivity contribution in [3.63, 3.8) is 0 Å². The molecule has 2 rings (SSSR count). The maximum Gasteiger partial charge on any atom is 0.272 e. The van der Waals surface area contributed by atoms with Gasteiger partial charge in [0, 0.05) is 6.07 Å². The zero-order valence-electron chi connectivity index (χ0n) is 11.1. The van der Waals surface area contributed by atoms with Gasteiger partial charge in [0.25, 0.3) is 5.69 Å². The Morgan fingerprint density at radius 3 is 2.70 bits per heavy atom. The van der Waals surface area contributed by atoms with Gasteiger partial charge in [0.05, 0.1) is 29.3 Å². The van der Waals surface area contributed by atoms with Gasteiger partial charge in [0.15, 0.2) is 0 Å². The van der Waals surface area contributed by atoms with Crippen LogP contribution >= 0.6 is 0 Å². The van der Waals surface area contributed by atoms with Gasteiger partial charge in [-0.15, -0.1) is 5.10 Å². The summed E-state index contributed by atoms with van der Waals surface area (Å²) in [4.78, 5) is 10.0.